The second-order valence-corrected chi connectivity index (χ2v) is 5.33. The van der Waals surface area contributed by atoms with Gasteiger partial charge < -0.3 is 10.1 Å². The highest BCUT2D eigenvalue weighted by molar-refractivity contribution is 9.10. The van der Waals surface area contributed by atoms with Crippen molar-refractivity contribution in [2.24, 2.45) is 0 Å². The molecule has 112 valence electrons. The summed E-state index contributed by atoms with van der Waals surface area (Å²) in [5, 5.41) is 2.95. The van der Waals surface area contributed by atoms with Crippen molar-refractivity contribution >= 4 is 15.9 Å². The lowest BCUT2D eigenvalue weighted by Gasteiger charge is -2.19. The Kier molecular flexibility index (Phi) is 5.31. The fourth-order valence-corrected chi connectivity index (χ4v) is 2.74. The van der Waals surface area contributed by atoms with Crippen molar-refractivity contribution < 1.29 is 13.5 Å². The number of ether oxygens (including phenoxy) is 1. The van der Waals surface area contributed by atoms with E-state index >= 15 is 0 Å². The number of hydrogen-bond donors (Lipinski definition) is 1. The molecule has 2 aromatic carbocycles. The van der Waals surface area contributed by atoms with Crippen LogP contribution in [0.1, 0.15) is 24.1 Å². The Bertz CT molecular complexity index is 613. The summed E-state index contributed by atoms with van der Waals surface area (Å²) in [6.45, 7) is 2.45. The predicted molar refractivity (Wildman–Crippen MR) is 82.6 cm³/mol. The van der Waals surface area contributed by atoms with Crippen LogP contribution in [0.5, 0.6) is 5.75 Å². The van der Waals surface area contributed by atoms with Crippen LogP contribution in [0.15, 0.2) is 40.9 Å². The maximum Gasteiger partial charge on any atom is 0.133 e. The Morgan fingerprint density at radius 1 is 1.19 bits per heavy atom. The standard InChI is InChI=1S/C16H16BrF2NO/c1-3-21-14-8-7-10(9-11(14)17)16(20-2)15-12(18)5-4-6-13(15)19/h4-9,16,20H,3H2,1-2H3. The quantitative estimate of drug-likeness (QED) is 0.856. The van der Waals surface area contributed by atoms with Crippen LogP contribution in [-0.2, 0) is 0 Å². The maximum atomic E-state index is 14.0. The molecule has 0 aliphatic rings. The first-order chi connectivity index (χ1) is 10.1. The second-order valence-electron chi connectivity index (χ2n) is 4.48. The average molecular weight is 356 g/mol. The Labute approximate surface area is 131 Å². The zero-order valence-corrected chi connectivity index (χ0v) is 13.4. The highest BCUT2D eigenvalue weighted by Gasteiger charge is 2.21. The highest BCUT2D eigenvalue weighted by atomic mass is 79.9. The minimum Gasteiger partial charge on any atom is -0.493 e. The van der Waals surface area contributed by atoms with E-state index in [-0.39, 0.29) is 5.56 Å². The van der Waals surface area contributed by atoms with Gasteiger partial charge in [0, 0.05) is 5.56 Å². The van der Waals surface area contributed by atoms with E-state index in [0.717, 1.165) is 10.0 Å². The smallest absolute Gasteiger partial charge is 0.133 e. The van der Waals surface area contributed by atoms with E-state index in [4.69, 9.17) is 4.74 Å². The fraction of sp³-hybridized carbons (Fsp3) is 0.250. The van der Waals surface area contributed by atoms with Crippen LogP contribution in [-0.4, -0.2) is 13.7 Å². The third-order valence-corrected chi connectivity index (χ3v) is 3.79. The van der Waals surface area contributed by atoms with Crippen LogP contribution in [0.25, 0.3) is 0 Å². The first kappa shape index (κ1) is 15.9. The molecule has 0 radical (unpaired) electrons. The van der Waals surface area contributed by atoms with E-state index < -0.39 is 17.7 Å². The summed E-state index contributed by atoms with van der Waals surface area (Å²) in [5.74, 6) is -0.441. The summed E-state index contributed by atoms with van der Waals surface area (Å²) in [7, 11) is 1.67. The zero-order chi connectivity index (χ0) is 15.4. The van der Waals surface area contributed by atoms with Gasteiger partial charge in [-0.05, 0) is 59.7 Å². The van der Waals surface area contributed by atoms with Crippen molar-refractivity contribution in [1.29, 1.82) is 0 Å². The van der Waals surface area contributed by atoms with Crippen LogP contribution >= 0.6 is 15.9 Å². The third-order valence-electron chi connectivity index (χ3n) is 3.17. The number of benzene rings is 2. The molecule has 0 fully saturated rings. The van der Waals surface area contributed by atoms with Gasteiger partial charge in [-0.3, -0.25) is 0 Å². The number of halogens is 3. The fourth-order valence-electron chi connectivity index (χ4n) is 2.23. The van der Waals surface area contributed by atoms with E-state index in [2.05, 4.69) is 21.2 Å². The van der Waals surface area contributed by atoms with Crippen molar-refractivity contribution in [3.05, 3.63) is 63.6 Å². The molecule has 2 rings (SSSR count). The molecule has 0 heterocycles. The van der Waals surface area contributed by atoms with Gasteiger partial charge in [-0.2, -0.15) is 0 Å². The van der Waals surface area contributed by atoms with Gasteiger partial charge in [-0.15, -0.1) is 0 Å². The minimum absolute atomic E-state index is 0.0102. The second kappa shape index (κ2) is 7.00. The molecule has 1 unspecified atom stereocenters. The lowest BCUT2D eigenvalue weighted by molar-refractivity contribution is 0.338. The summed E-state index contributed by atoms with van der Waals surface area (Å²) >= 11 is 3.41. The molecule has 0 aliphatic heterocycles. The summed E-state index contributed by atoms with van der Waals surface area (Å²) in [6.07, 6.45) is 0. The molecule has 1 N–H and O–H groups in total. The number of hydrogen-bond acceptors (Lipinski definition) is 2. The summed E-state index contributed by atoms with van der Waals surface area (Å²) in [6, 6.07) is 8.68. The van der Waals surface area contributed by atoms with Gasteiger partial charge in [0.15, 0.2) is 0 Å². The Morgan fingerprint density at radius 2 is 1.86 bits per heavy atom. The Morgan fingerprint density at radius 3 is 2.38 bits per heavy atom. The monoisotopic (exact) mass is 355 g/mol. The van der Waals surface area contributed by atoms with Gasteiger partial charge in [0.2, 0.25) is 0 Å². The topological polar surface area (TPSA) is 21.3 Å². The van der Waals surface area contributed by atoms with Gasteiger partial charge in [-0.1, -0.05) is 12.1 Å². The van der Waals surface area contributed by atoms with E-state index in [1.807, 2.05) is 6.92 Å². The van der Waals surface area contributed by atoms with Crippen molar-refractivity contribution in [3.63, 3.8) is 0 Å². The van der Waals surface area contributed by atoms with Gasteiger partial charge in [0.1, 0.15) is 17.4 Å². The molecule has 0 bridgehead atoms. The van der Waals surface area contributed by atoms with E-state index in [1.54, 1.807) is 25.2 Å². The predicted octanol–water partition coefficient (Wildman–Crippen LogP) is 4.43. The van der Waals surface area contributed by atoms with Crippen molar-refractivity contribution in [3.8, 4) is 5.75 Å². The molecule has 5 heteroatoms. The molecular formula is C16H16BrF2NO. The van der Waals surface area contributed by atoms with Crippen LogP contribution in [0.3, 0.4) is 0 Å². The summed E-state index contributed by atoms with van der Waals surface area (Å²) in [5.41, 5.74) is 0.757. The number of rotatable bonds is 5. The molecule has 0 amide bonds. The van der Waals surface area contributed by atoms with Crippen molar-refractivity contribution in [2.75, 3.05) is 13.7 Å². The van der Waals surface area contributed by atoms with Crippen LogP contribution in [0, 0.1) is 11.6 Å². The van der Waals surface area contributed by atoms with Gasteiger partial charge in [-0.25, -0.2) is 8.78 Å². The van der Waals surface area contributed by atoms with Crippen LogP contribution in [0.4, 0.5) is 8.78 Å². The minimum atomic E-state index is -0.571. The molecule has 0 spiro atoms. The summed E-state index contributed by atoms with van der Waals surface area (Å²) in [4.78, 5) is 0. The van der Waals surface area contributed by atoms with Gasteiger partial charge in [0.25, 0.3) is 0 Å². The van der Waals surface area contributed by atoms with Gasteiger partial charge in [0.05, 0.1) is 17.1 Å². The lowest BCUT2D eigenvalue weighted by Crippen LogP contribution is -2.20. The molecule has 2 nitrogen and oxygen atoms in total. The van der Waals surface area contributed by atoms with Crippen LogP contribution in [0.2, 0.25) is 0 Å². The molecule has 21 heavy (non-hydrogen) atoms. The maximum absolute atomic E-state index is 14.0. The van der Waals surface area contributed by atoms with E-state index in [0.29, 0.717) is 12.4 Å². The number of nitrogens with one attached hydrogen (secondary N) is 1. The molecule has 2 aromatic rings. The average Bonchev–Trinajstić information content (AvgIpc) is 2.45. The molecular weight excluding hydrogens is 340 g/mol. The zero-order valence-electron chi connectivity index (χ0n) is 11.8. The van der Waals surface area contributed by atoms with Crippen LogP contribution < -0.4 is 10.1 Å². The first-order valence-corrected chi connectivity index (χ1v) is 7.41. The third kappa shape index (κ3) is 3.41. The molecule has 1 atom stereocenters. The van der Waals surface area contributed by atoms with E-state index in [1.165, 1.54) is 18.2 Å². The Balaban J connectivity index is 2.45. The molecule has 0 saturated heterocycles. The first-order valence-electron chi connectivity index (χ1n) is 6.61. The largest absolute Gasteiger partial charge is 0.493 e. The lowest BCUT2D eigenvalue weighted by atomic mass is 9.97. The SMILES string of the molecule is CCOc1ccc(C(NC)c2c(F)cccc2F)cc1Br. The molecule has 0 saturated carbocycles. The van der Waals surface area contributed by atoms with Crippen molar-refractivity contribution in [1.82, 2.24) is 5.32 Å². The van der Waals surface area contributed by atoms with Crippen molar-refractivity contribution in [2.45, 2.75) is 13.0 Å². The van der Waals surface area contributed by atoms with Gasteiger partial charge >= 0.3 is 0 Å². The Hall–Kier alpha value is -1.46. The molecule has 0 aromatic heterocycles. The summed E-state index contributed by atoms with van der Waals surface area (Å²) < 4.78 is 34.1. The molecule has 0 aliphatic carbocycles. The highest BCUT2D eigenvalue weighted by Crippen LogP contribution is 2.32. The normalized spacial score (nSPS) is 12.2. The van der Waals surface area contributed by atoms with E-state index in [9.17, 15) is 8.78 Å².